The number of piperidine rings is 1. The van der Waals surface area contributed by atoms with Crippen molar-refractivity contribution >= 4 is 11.8 Å². The Labute approximate surface area is 159 Å². The van der Waals surface area contributed by atoms with Crippen LogP contribution in [0, 0.1) is 0 Å². The van der Waals surface area contributed by atoms with Crippen LogP contribution in [0.3, 0.4) is 0 Å². The minimum absolute atomic E-state index is 0.0464. The maximum atomic E-state index is 12.8. The van der Waals surface area contributed by atoms with Gasteiger partial charge in [0.25, 0.3) is 5.91 Å². The van der Waals surface area contributed by atoms with Gasteiger partial charge in [0.05, 0.1) is 6.10 Å². The van der Waals surface area contributed by atoms with Gasteiger partial charge >= 0.3 is 0 Å². The predicted octanol–water partition coefficient (Wildman–Crippen LogP) is 2.77. The van der Waals surface area contributed by atoms with E-state index in [2.05, 4.69) is 11.9 Å². The first-order valence-corrected chi connectivity index (χ1v) is 9.69. The molecule has 4 rings (SSSR count). The van der Waals surface area contributed by atoms with Gasteiger partial charge in [0.15, 0.2) is 0 Å². The SMILES string of the molecule is C=C1CCC(N2Cc3cc(OC4CCCCC4OC)ccc3C2=O)C(=O)N1. The number of nitrogens with one attached hydrogen (secondary N) is 1. The molecule has 1 aromatic rings. The Bertz CT molecular complexity index is 775. The highest BCUT2D eigenvalue weighted by molar-refractivity contribution is 6.01. The molecule has 3 atom stereocenters. The van der Waals surface area contributed by atoms with Gasteiger partial charge < -0.3 is 19.7 Å². The molecule has 144 valence electrons. The van der Waals surface area contributed by atoms with E-state index in [1.807, 2.05) is 18.2 Å². The van der Waals surface area contributed by atoms with E-state index in [-0.39, 0.29) is 24.0 Å². The van der Waals surface area contributed by atoms with Gasteiger partial charge in [0.1, 0.15) is 17.9 Å². The summed E-state index contributed by atoms with van der Waals surface area (Å²) in [5.74, 6) is 0.532. The lowest BCUT2D eigenvalue weighted by molar-refractivity contribution is -0.126. The number of benzene rings is 1. The van der Waals surface area contributed by atoms with E-state index >= 15 is 0 Å². The fourth-order valence-corrected chi connectivity index (χ4v) is 4.35. The Morgan fingerprint density at radius 2 is 1.93 bits per heavy atom. The summed E-state index contributed by atoms with van der Waals surface area (Å²) in [6, 6.07) is 5.17. The van der Waals surface area contributed by atoms with Crippen molar-refractivity contribution in [2.24, 2.45) is 0 Å². The van der Waals surface area contributed by atoms with E-state index in [9.17, 15) is 9.59 Å². The molecule has 0 bridgehead atoms. The summed E-state index contributed by atoms with van der Waals surface area (Å²) in [7, 11) is 1.73. The van der Waals surface area contributed by atoms with Crippen LogP contribution in [0.25, 0.3) is 0 Å². The molecule has 0 spiro atoms. The summed E-state index contributed by atoms with van der Waals surface area (Å²) >= 11 is 0. The number of carbonyl (C=O) groups excluding carboxylic acids is 2. The third-order valence-electron chi connectivity index (χ3n) is 5.84. The van der Waals surface area contributed by atoms with Gasteiger partial charge in [-0.15, -0.1) is 0 Å². The fourth-order valence-electron chi connectivity index (χ4n) is 4.35. The monoisotopic (exact) mass is 370 g/mol. The Morgan fingerprint density at radius 1 is 1.15 bits per heavy atom. The smallest absolute Gasteiger partial charge is 0.255 e. The summed E-state index contributed by atoms with van der Waals surface area (Å²) < 4.78 is 11.8. The standard InChI is InChI=1S/C21H26N2O4/c1-13-7-10-17(20(24)22-13)23-12-14-11-15(8-9-16(14)21(23)25)27-19-6-4-3-5-18(19)26-2/h8-9,11,17-19H,1,3-7,10,12H2,2H3,(H,22,24). The van der Waals surface area contributed by atoms with Crippen molar-refractivity contribution < 1.29 is 19.1 Å². The predicted molar refractivity (Wildman–Crippen MR) is 100 cm³/mol. The van der Waals surface area contributed by atoms with Crippen molar-refractivity contribution in [3.63, 3.8) is 0 Å². The molecule has 6 heteroatoms. The molecule has 27 heavy (non-hydrogen) atoms. The van der Waals surface area contributed by atoms with Crippen LogP contribution in [0.1, 0.15) is 54.4 Å². The number of methoxy groups -OCH3 is 1. The molecular weight excluding hydrogens is 344 g/mol. The van der Waals surface area contributed by atoms with E-state index in [1.54, 1.807) is 12.0 Å². The second-order valence-electron chi connectivity index (χ2n) is 7.61. The number of ether oxygens (including phenoxy) is 2. The number of hydrogen-bond acceptors (Lipinski definition) is 4. The molecule has 1 aliphatic carbocycles. The van der Waals surface area contributed by atoms with E-state index in [4.69, 9.17) is 9.47 Å². The van der Waals surface area contributed by atoms with Crippen LogP contribution >= 0.6 is 0 Å². The first kappa shape index (κ1) is 18.0. The maximum Gasteiger partial charge on any atom is 0.255 e. The fraction of sp³-hybridized carbons (Fsp3) is 0.524. The Hall–Kier alpha value is -2.34. The molecule has 1 aromatic carbocycles. The van der Waals surface area contributed by atoms with Gasteiger partial charge in [-0.2, -0.15) is 0 Å². The molecule has 2 fully saturated rings. The Kier molecular flexibility index (Phi) is 4.91. The molecule has 3 aliphatic rings. The average molecular weight is 370 g/mol. The van der Waals surface area contributed by atoms with Crippen molar-refractivity contribution in [2.75, 3.05) is 7.11 Å². The van der Waals surface area contributed by atoms with Gasteiger partial charge in [-0.05, 0) is 55.9 Å². The van der Waals surface area contributed by atoms with Crippen molar-refractivity contribution in [3.8, 4) is 5.75 Å². The van der Waals surface area contributed by atoms with Crippen molar-refractivity contribution in [3.05, 3.63) is 41.6 Å². The summed E-state index contributed by atoms with van der Waals surface area (Å²) in [6.45, 7) is 4.24. The third-order valence-corrected chi connectivity index (χ3v) is 5.84. The lowest BCUT2D eigenvalue weighted by atomic mass is 9.94. The molecule has 3 unspecified atom stereocenters. The number of amides is 2. The molecule has 2 aliphatic heterocycles. The highest BCUT2D eigenvalue weighted by Gasteiger charge is 2.38. The van der Waals surface area contributed by atoms with Gasteiger partial charge in [-0.1, -0.05) is 13.0 Å². The highest BCUT2D eigenvalue weighted by atomic mass is 16.5. The molecular formula is C21H26N2O4. The molecule has 6 nitrogen and oxygen atoms in total. The second kappa shape index (κ2) is 7.35. The summed E-state index contributed by atoms with van der Waals surface area (Å²) in [5.41, 5.74) is 2.29. The zero-order chi connectivity index (χ0) is 19.0. The summed E-state index contributed by atoms with van der Waals surface area (Å²) in [4.78, 5) is 26.7. The van der Waals surface area contributed by atoms with E-state index in [0.717, 1.165) is 36.3 Å². The number of carbonyl (C=O) groups is 2. The van der Waals surface area contributed by atoms with Crippen molar-refractivity contribution in [1.29, 1.82) is 0 Å². The molecule has 2 amide bonds. The molecule has 1 saturated heterocycles. The number of fused-ring (bicyclic) bond motifs is 1. The van der Waals surface area contributed by atoms with Crippen molar-refractivity contribution in [2.45, 2.75) is 63.3 Å². The lowest BCUT2D eigenvalue weighted by Crippen LogP contribution is -2.49. The minimum Gasteiger partial charge on any atom is -0.488 e. The van der Waals surface area contributed by atoms with Gasteiger partial charge in [-0.3, -0.25) is 9.59 Å². The van der Waals surface area contributed by atoms with E-state index < -0.39 is 6.04 Å². The van der Waals surface area contributed by atoms with Crippen LogP contribution in [-0.4, -0.2) is 42.1 Å². The second-order valence-corrected chi connectivity index (χ2v) is 7.61. The first-order chi connectivity index (χ1) is 13.1. The zero-order valence-electron chi connectivity index (χ0n) is 15.7. The van der Waals surface area contributed by atoms with Crippen LogP contribution < -0.4 is 10.1 Å². The van der Waals surface area contributed by atoms with Crippen LogP contribution in [0.5, 0.6) is 5.75 Å². The molecule has 1 saturated carbocycles. The summed E-state index contributed by atoms with van der Waals surface area (Å²) in [6.07, 6.45) is 5.78. The van der Waals surface area contributed by atoms with Crippen LogP contribution in [0.2, 0.25) is 0 Å². The molecule has 1 N–H and O–H groups in total. The Morgan fingerprint density at radius 3 is 2.67 bits per heavy atom. The number of allylic oxidation sites excluding steroid dienone is 1. The maximum absolute atomic E-state index is 12.8. The quantitative estimate of drug-likeness (QED) is 0.885. The van der Waals surface area contributed by atoms with E-state index in [1.165, 1.54) is 6.42 Å². The van der Waals surface area contributed by atoms with Crippen LogP contribution in [-0.2, 0) is 16.1 Å². The van der Waals surface area contributed by atoms with E-state index in [0.29, 0.717) is 24.9 Å². The summed E-state index contributed by atoms with van der Waals surface area (Å²) in [5, 5.41) is 2.76. The first-order valence-electron chi connectivity index (χ1n) is 9.69. The molecule has 2 heterocycles. The normalized spacial score (nSPS) is 28.1. The van der Waals surface area contributed by atoms with Crippen molar-refractivity contribution in [1.82, 2.24) is 10.2 Å². The Balaban J connectivity index is 1.49. The number of rotatable bonds is 4. The third kappa shape index (κ3) is 3.46. The minimum atomic E-state index is -0.434. The largest absolute Gasteiger partial charge is 0.488 e. The number of hydrogen-bond donors (Lipinski definition) is 1. The van der Waals surface area contributed by atoms with Crippen LogP contribution in [0.4, 0.5) is 0 Å². The molecule has 0 aromatic heterocycles. The van der Waals surface area contributed by atoms with Gasteiger partial charge in [0.2, 0.25) is 5.91 Å². The lowest BCUT2D eigenvalue weighted by Gasteiger charge is -2.31. The zero-order valence-corrected chi connectivity index (χ0v) is 15.7. The average Bonchev–Trinajstić information content (AvgIpc) is 2.98. The van der Waals surface area contributed by atoms with Crippen LogP contribution in [0.15, 0.2) is 30.5 Å². The number of nitrogens with zero attached hydrogens (tertiary/aromatic N) is 1. The molecule has 0 radical (unpaired) electrons. The highest BCUT2D eigenvalue weighted by Crippen LogP contribution is 2.32. The van der Waals surface area contributed by atoms with Gasteiger partial charge in [-0.25, -0.2) is 0 Å². The topological polar surface area (TPSA) is 67.9 Å². The van der Waals surface area contributed by atoms with Gasteiger partial charge in [0, 0.05) is 24.9 Å².